The highest BCUT2D eigenvalue weighted by Gasteiger charge is 2.68. The molecule has 4 rings (SSSR count). The second-order valence-corrected chi connectivity index (χ2v) is 10.8. The molecule has 4 heteroatoms. The molecule has 4 fully saturated rings. The maximum Gasteiger partial charge on any atom is 0.333 e. The van der Waals surface area contributed by atoms with Crippen molar-refractivity contribution < 1.29 is 19.4 Å². The van der Waals surface area contributed by atoms with Crippen molar-refractivity contribution in [2.75, 3.05) is 0 Å². The summed E-state index contributed by atoms with van der Waals surface area (Å²) in [7, 11) is 0. The number of carboxylic acid groups (broad SMARTS) is 1. The van der Waals surface area contributed by atoms with E-state index in [4.69, 9.17) is 4.74 Å². The standard InChI is InChI=1S/C25H36O4/c1-6-15(2)21(26)29-20-16(3)17-8-9-19-23(4)11-7-12-24(5,22(27)28)18(23)10-13-25(19,20)14-17/h6,17-20H,3,7-14H2,1-2,4-5H3,(H,27,28)/b15-6-/t17-,18+,19+,20+,23-,24-,25-/m1/s1. The van der Waals surface area contributed by atoms with Crippen LogP contribution in [0.25, 0.3) is 0 Å². The molecule has 4 saturated carbocycles. The van der Waals surface area contributed by atoms with Crippen molar-refractivity contribution in [3.05, 3.63) is 23.8 Å². The first-order valence-electron chi connectivity index (χ1n) is 11.4. The molecule has 0 aliphatic heterocycles. The number of carbonyl (C=O) groups excluding carboxylic acids is 1. The highest BCUT2D eigenvalue weighted by molar-refractivity contribution is 5.88. The van der Waals surface area contributed by atoms with Crippen LogP contribution < -0.4 is 0 Å². The third-order valence-corrected chi connectivity index (χ3v) is 9.65. The topological polar surface area (TPSA) is 63.6 Å². The third-order valence-electron chi connectivity index (χ3n) is 9.65. The number of esters is 1. The van der Waals surface area contributed by atoms with E-state index in [-0.39, 0.29) is 28.8 Å². The SMILES string of the molecule is C=C1[C@@H]2CC[C@H]3[C@]4(C)CCC[C@@](C)(C(=O)O)[C@H]4CC[C@]3(C2)[C@H]1OC(=O)/C(C)=C\C. The average molecular weight is 401 g/mol. The lowest BCUT2D eigenvalue weighted by molar-refractivity contribution is -0.195. The smallest absolute Gasteiger partial charge is 0.333 e. The van der Waals surface area contributed by atoms with E-state index in [1.165, 1.54) is 0 Å². The minimum atomic E-state index is -0.644. The molecule has 1 N–H and O–H groups in total. The van der Waals surface area contributed by atoms with Gasteiger partial charge < -0.3 is 9.84 Å². The molecular formula is C25H36O4. The predicted octanol–water partition coefficient (Wildman–Crippen LogP) is 5.53. The molecule has 7 atom stereocenters. The average Bonchev–Trinajstić information content (AvgIpc) is 2.87. The van der Waals surface area contributed by atoms with Gasteiger partial charge in [-0.1, -0.05) is 26.0 Å². The Morgan fingerprint density at radius 3 is 2.52 bits per heavy atom. The summed E-state index contributed by atoms with van der Waals surface area (Å²) in [4.78, 5) is 25.0. The monoisotopic (exact) mass is 400 g/mol. The van der Waals surface area contributed by atoms with Gasteiger partial charge in [-0.25, -0.2) is 4.79 Å². The molecule has 0 unspecified atom stereocenters. The molecular weight excluding hydrogens is 364 g/mol. The van der Waals surface area contributed by atoms with Gasteiger partial charge in [0.1, 0.15) is 6.10 Å². The van der Waals surface area contributed by atoms with E-state index < -0.39 is 11.4 Å². The Labute approximate surface area is 174 Å². The highest BCUT2D eigenvalue weighted by atomic mass is 16.5. The molecule has 0 aromatic rings. The molecule has 0 saturated heterocycles. The van der Waals surface area contributed by atoms with Crippen molar-refractivity contribution in [1.82, 2.24) is 0 Å². The van der Waals surface area contributed by atoms with Crippen molar-refractivity contribution in [3.8, 4) is 0 Å². The Bertz CT molecular complexity index is 782. The van der Waals surface area contributed by atoms with Crippen molar-refractivity contribution in [2.24, 2.45) is 34.0 Å². The largest absolute Gasteiger partial charge is 0.481 e. The summed E-state index contributed by atoms with van der Waals surface area (Å²) in [6.07, 6.45) is 9.50. The van der Waals surface area contributed by atoms with Crippen LogP contribution in [0.3, 0.4) is 0 Å². The van der Waals surface area contributed by atoms with Crippen LogP contribution in [-0.2, 0) is 14.3 Å². The normalized spacial score (nSPS) is 46.6. The second kappa shape index (κ2) is 6.72. The fraction of sp³-hybridized carbons (Fsp3) is 0.760. The molecule has 4 nitrogen and oxygen atoms in total. The van der Waals surface area contributed by atoms with Crippen LogP contribution in [0.1, 0.15) is 79.1 Å². The minimum Gasteiger partial charge on any atom is -0.481 e. The van der Waals surface area contributed by atoms with Crippen molar-refractivity contribution >= 4 is 11.9 Å². The van der Waals surface area contributed by atoms with Gasteiger partial charge in [0, 0.05) is 11.0 Å². The van der Waals surface area contributed by atoms with Gasteiger partial charge in [0.15, 0.2) is 0 Å². The molecule has 29 heavy (non-hydrogen) atoms. The molecule has 1 spiro atoms. The van der Waals surface area contributed by atoms with Crippen LogP contribution in [0.5, 0.6) is 0 Å². The van der Waals surface area contributed by atoms with Crippen LogP contribution in [0.2, 0.25) is 0 Å². The minimum absolute atomic E-state index is 0.0144. The zero-order valence-electron chi connectivity index (χ0n) is 18.4. The lowest BCUT2D eigenvalue weighted by Crippen LogP contribution is -2.60. The number of carbonyl (C=O) groups is 2. The number of rotatable bonds is 3. The number of fused-ring (bicyclic) bond motifs is 3. The Kier molecular flexibility index (Phi) is 4.79. The first-order chi connectivity index (χ1) is 13.6. The molecule has 2 bridgehead atoms. The van der Waals surface area contributed by atoms with Crippen LogP contribution in [0, 0.1) is 34.0 Å². The molecule has 4 aliphatic rings. The number of hydrogen-bond donors (Lipinski definition) is 1. The number of aliphatic carboxylic acids is 1. The number of hydrogen-bond acceptors (Lipinski definition) is 3. The van der Waals surface area contributed by atoms with Crippen LogP contribution in [0.4, 0.5) is 0 Å². The van der Waals surface area contributed by atoms with Gasteiger partial charge in [0.05, 0.1) is 5.41 Å². The van der Waals surface area contributed by atoms with Gasteiger partial charge in [-0.3, -0.25) is 4.79 Å². The van der Waals surface area contributed by atoms with E-state index in [9.17, 15) is 14.7 Å². The van der Waals surface area contributed by atoms with Gasteiger partial charge >= 0.3 is 11.9 Å². The van der Waals surface area contributed by atoms with Crippen LogP contribution in [0.15, 0.2) is 23.8 Å². The van der Waals surface area contributed by atoms with Crippen LogP contribution >= 0.6 is 0 Å². The first-order valence-corrected chi connectivity index (χ1v) is 11.4. The lowest BCUT2D eigenvalue weighted by Gasteiger charge is -2.63. The van der Waals surface area contributed by atoms with Gasteiger partial charge in [-0.15, -0.1) is 0 Å². The quantitative estimate of drug-likeness (QED) is 0.384. The number of ether oxygens (including phenoxy) is 1. The zero-order chi connectivity index (χ0) is 21.2. The summed E-state index contributed by atoms with van der Waals surface area (Å²) in [6, 6.07) is 0. The predicted molar refractivity (Wildman–Crippen MR) is 112 cm³/mol. The first kappa shape index (κ1) is 20.7. The zero-order valence-corrected chi connectivity index (χ0v) is 18.4. The van der Waals surface area contributed by atoms with E-state index in [1.54, 1.807) is 13.0 Å². The molecule has 0 aromatic heterocycles. The van der Waals surface area contributed by atoms with E-state index in [1.807, 2.05) is 13.8 Å². The van der Waals surface area contributed by atoms with Gasteiger partial charge in [-0.05, 0) is 94.5 Å². The Balaban J connectivity index is 1.73. The fourth-order valence-corrected chi connectivity index (χ4v) is 8.10. The number of carboxylic acids is 1. The summed E-state index contributed by atoms with van der Waals surface area (Å²) in [5, 5.41) is 10.1. The molecule has 0 radical (unpaired) electrons. The third kappa shape index (κ3) is 2.70. The summed E-state index contributed by atoms with van der Waals surface area (Å²) >= 11 is 0. The van der Waals surface area contributed by atoms with Crippen molar-refractivity contribution in [3.63, 3.8) is 0 Å². The summed E-state index contributed by atoms with van der Waals surface area (Å²) in [5.74, 6) is 0.151. The van der Waals surface area contributed by atoms with Crippen LogP contribution in [-0.4, -0.2) is 23.1 Å². The summed E-state index contributed by atoms with van der Waals surface area (Å²) in [6.45, 7) is 12.4. The Morgan fingerprint density at radius 1 is 1.14 bits per heavy atom. The van der Waals surface area contributed by atoms with Crippen molar-refractivity contribution in [1.29, 1.82) is 0 Å². The maximum absolute atomic E-state index is 12.7. The van der Waals surface area contributed by atoms with Gasteiger partial charge in [0.2, 0.25) is 0 Å². The second-order valence-electron chi connectivity index (χ2n) is 10.8. The maximum atomic E-state index is 12.7. The molecule has 0 aromatic carbocycles. The number of allylic oxidation sites excluding steroid dienone is 1. The highest BCUT2D eigenvalue weighted by Crippen LogP contribution is 2.72. The van der Waals surface area contributed by atoms with E-state index in [0.717, 1.165) is 56.9 Å². The lowest BCUT2D eigenvalue weighted by atomic mass is 9.40. The summed E-state index contributed by atoms with van der Waals surface area (Å²) in [5.41, 5.74) is 1.02. The Hall–Kier alpha value is -1.58. The Morgan fingerprint density at radius 2 is 1.86 bits per heavy atom. The van der Waals surface area contributed by atoms with E-state index in [2.05, 4.69) is 13.5 Å². The van der Waals surface area contributed by atoms with Crippen molar-refractivity contribution in [2.45, 2.75) is 85.2 Å². The summed E-state index contributed by atoms with van der Waals surface area (Å²) < 4.78 is 6.15. The van der Waals surface area contributed by atoms with Gasteiger partial charge in [-0.2, -0.15) is 0 Å². The molecule has 0 amide bonds. The fourth-order valence-electron chi connectivity index (χ4n) is 8.10. The molecule has 4 aliphatic carbocycles. The molecule has 0 heterocycles. The van der Waals surface area contributed by atoms with Gasteiger partial charge in [0.25, 0.3) is 0 Å². The molecule has 160 valence electrons. The van der Waals surface area contributed by atoms with E-state index in [0.29, 0.717) is 17.4 Å². The van der Waals surface area contributed by atoms with E-state index >= 15 is 0 Å².